The molecule has 75 heavy (non-hydrogen) atoms. The molecule has 6 heterocycles. The third-order valence-corrected chi connectivity index (χ3v) is 11.7. The number of nitrogens with one attached hydrogen (secondary N) is 6. The highest BCUT2D eigenvalue weighted by Crippen LogP contribution is 2.27. The number of benzene rings is 6. The summed E-state index contributed by atoms with van der Waals surface area (Å²) < 4.78 is 0. The maximum atomic E-state index is 12.2. The van der Waals surface area contributed by atoms with Gasteiger partial charge in [0.1, 0.15) is 23.2 Å². The number of nitrogen functional groups attached to an aromatic ring is 2. The number of H-pyrrole nitrogens is 3. The summed E-state index contributed by atoms with van der Waals surface area (Å²) in [6.45, 7) is 2.06. The molecular weight excluding hydrogens is 941 g/mol. The first-order chi connectivity index (χ1) is 36.6. The molecule has 0 saturated carbocycles. The van der Waals surface area contributed by atoms with Crippen molar-refractivity contribution in [3.63, 3.8) is 0 Å². The minimum Gasteiger partial charge on any atom is -0.399 e. The molecule has 10 N–H and O–H groups in total. The Morgan fingerprint density at radius 3 is 1.32 bits per heavy atom. The van der Waals surface area contributed by atoms with Crippen LogP contribution in [-0.4, -0.2) is 62.6 Å². The Hall–Kier alpha value is -10.8. The van der Waals surface area contributed by atoms with Crippen molar-refractivity contribution < 1.29 is 14.4 Å². The van der Waals surface area contributed by atoms with Crippen LogP contribution in [0.5, 0.6) is 0 Å². The monoisotopic (exact) mass is 986 g/mol. The van der Waals surface area contributed by atoms with E-state index in [0.717, 1.165) is 67.3 Å². The SMILES string of the molecule is Cc1ccc(-c2nc3ccc(NC(=O)c4ccncc4)cc3[nH]2)cc1.Nc1ccc(-c2nc3ccc(NC(=O)c4ccccn4)cc3[nH]2)cc1.Nc1ccc(-c2nc3ccc(NC(=O)c4cccnc4)cc3[nH]2)cc1. The van der Waals surface area contributed by atoms with Crippen molar-refractivity contribution in [2.45, 2.75) is 6.92 Å². The summed E-state index contributed by atoms with van der Waals surface area (Å²) in [4.78, 5) is 72.2. The predicted molar refractivity (Wildman–Crippen MR) is 295 cm³/mol. The number of hydrogen-bond acceptors (Lipinski definition) is 11. The number of aromatic amines is 3. The molecule has 6 aromatic heterocycles. The Bertz CT molecular complexity index is 3520. The molecule has 0 unspecified atom stereocenters. The summed E-state index contributed by atoms with van der Waals surface area (Å²) in [6, 6.07) is 51.9. The normalized spacial score (nSPS) is 10.7. The number of nitrogens with two attached hydrogens (primary N) is 2. The average Bonchev–Trinajstić information content (AvgIpc) is 4.20. The van der Waals surface area contributed by atoms with E-state index in [4.69, 9.17) is 11.5 Å². The van der Waals surface area contributed by atoms with Crippen LogP contribution in [0.2, 0.25) is 0 Å². The second-order valence-electron chi connectivity index (χ2n) is 17.1. The van der Waals surface area contributed by atoms with Gasteiger partial charge in [0, 0.05) is 81.7 Å². The summed E-state index contributed by atoms with van der Waals surface area (Å²) in [5, 5.41) is 8.60. The fourth-order valence-electron chi connectivity index (χ4n) is 7.76. The number of imidazole rings is 3. The number of hydrogen-bond donors (Lipinski definition) is 8. The Morgan fingerprint density at radius 1 is 0.427 bits per heavy atom. The van der Waals surface area contributed by atoms with Crippen molar-refractivity contribution in [2.75, 3.05) is 27.4 Å². The van der Waals surface area contributed by atoms with Gasteiger partial charge >= 0.3 is 0 Å². The van der Waals surface area contributed by atoms with E-state index < -0.39 is 0 Å². The van der Waals surface area contributed by atoms with Crippen LogP contribution in [0.4, 0.5) is 28.4 Å². The quantitative estimate of drug-likeness (QED) is 0.0630. The molecule has 0 fully saturated rings. The Morgan fingerprint density at radius 2 is 0.880 bits per heavy atom. The van der Waals surface area contributed by atoms with E-state index in [1.54, 1.807) is 67.3 Å². The van der Waals surface area contributed by atoms with Crippen LogP contribution in [0.3, 0.4) is 0 Å². The second-order valence-corrected chi connectivity index (χ2v) is 17.1. The number of pyridine rings is 3. The average molecular weight is 987 g/mol. The lowest BCUT2D eigenvalue weighted by atomic mass is 10.1. The van der Waals surface area contributed by atoms with Gasteiger partial charge in [0.2, 0.25) is 0 Å². The van der Waals surface area contributed by atoms with Gasteiger partial charge in [0.05, 0.1) is 38.7 Å². The number of aromatic nitrogens is 9. The number of amides is 3. The molecule has 366 valence electrons. The number of aryl methyl sites for hydroxylation is 1. The maximum Gasteiger partial charge on any atom is 0.274 e. The highest BCUT2D eigenvalue weighted by molar-refractivity contribution is 6.06. The van der Waals surface area contributed by atoms with Crippen LogP contribution in [0, 0.1) is 6.92 Å². The Labute approximate surface area is 428 Å². The van der Waals surface area contributed by atoms with E-state index in [0.29, 0.717) is 45.3 Å². The van der Waals surface area contributed by atoms with Crippen molar-refractivity contribution in [2.24, 2.45) is 0 Å². The molecule has 3 amide bonds. The highest BCUT2D eigenvalue weighted by atomic mass is 16.2. The summed E-state index contributed by atoms with van der Waals surface area (Å²) in [6.07, 6.45) is 7.95. The first kappa shape index (κ1) is 47.8. The van der Waals surface area contributed by atoms with Gasteiger partial charge < -0.3 is 42.4 Å². The third kappa shape index (κ3) is 11.7. The fraction of sp³-hybridized carbons (Fsp3) is 0.0172. The van der Waals surface area contributed by atoms with Gasteiger partial charge in [0.25, 0.3) is 17.7 Å². The van der Waals surface area contributed by atoms with E-state index in [1.165, 1.54) is 11.8 Å². The minimum atomic E-state index is -0.252. The number of rotatable bonds is 9. The van der Waals surface area contributed by atoms with Crippen LogP contribution < -0.4 is 27.4 Å². The van der Waals surface area contributed by atoms with E-state index in [1.807, 2.05) is 115 Å². The molecule has 0 spiro atoms. The molecule has 0 radical (unpaired) electrons. The first-order valence-corrected chi connectivity index (χ1v) is 23.5. The molecule has 6 aromatic carbocycles. The summed E-state index contributed by atoms with van der Waals surface area (Å²) in [5.41, 5.74) is 25.6. The molecular formula is C58H46N14O3. The van der Waals surface area contributed by atoms with Gasteiger partial charge in [-0.15, -0.1) is 0 Å². The third-order valence-electron chi connectivity index (χ3n) is 11.7. The summed E-state index contributed by atoms with van der Waals surface area (Å²) in [5.74, 6) is 1.70. The smallest absolute Gasteiger partial charge is 0.274 e. The highest BCUT2D eigenvalue weighted by Gasteiger charge is 2.13. The van der Waals surface area contributed by atoms with Crippen molar-refractivity contribution >= 4 is 79.3 Å². The van der Waals surface area contributed by atoms with Gasteiger partial charge in [-0.3, -0.25) is 29.3 Å². The largest absolute Gasteiger partial charge is 0.399 e. The van der Waals surface area contributed by atoms with Crippen molar-refractivity contribution in [3.8, 4) is 34.2 Å². The van der Waals surface area contributed by atoms with E-state index in [2.05, 4.69) is 79.9 Å². The topological polar surface area (TPSA) is 264 Å². The van der Waals surface area contributed by atoms with E-state index in [9.17, 15) is 14.4 Å². The zero-order chi connectivity index (χ0) is 51.7. The molecule has 17 heteroatoms. The first-order valence-electron chi connectivity index (χ1n) is 23.5. The molecule has 0 bridgehead atoms. The fourth-order valence-corrected chi connectivity index (χ4v) is 7.76. The Balaban J connectivity index is 0.000000128. The predicted octanol–water partition coefficient (Wildman–Crippen LogP) is 11.1. The summed E-state index contributed by atoms with van der Waals surface area (Å²) >= 11 is 0. The number of nitrogens with zero attached hydrogens (tertiary/aromatic N) is 6. The van der Waals surface area contributed by atoms with Crippen LogP contribution in [0.1, 0.15) is 36.8 Å². The lowest BCUT2D eigenvalue weighted by molar-refractivity contribution is 0.101. The zero-order valence-corrected chi connectivity index (χ0v) is 40.1. The standard InChI is InChI=1S/C20H16N4O.2C19H15N5O/c1-13-2-4-14(5-3-13)19-23-17-7-6-16(12-18(17)24-19)22-20(25)15-8-10-21-11-9-15;20-14-5-3-12(4-6-14)18-23-16-8-7-15(10-17(16)24-18)22-19(25)13-2-1-9-21-11-13;20-13-6-4-12(5-7-13)18-23-15-9-8-14(11-17(15)24-18)22-19(25)16-3-1-2-10-21-16/h2-12H,1H3,(H,22,25)(H,23,24);2*1-11H,20H2,(H,22,25)(H,23,24). The molecule has 0 atom stereocenters. The number of fused-ring (bicyclic) bond motifs is 3. The molecule has 0 aliphatic carbocycles. The molecule has 12 aromatic rings. The maximum absolute atomic E-state index is 12.2. The molecule has 0 aliphatic heterocycles. The van der Waals surface area contributed by atoms with Gasteiger partial charge in [-0.2, -0.15) is 0 Å². The van der Waals surface area contributed by atoms with Crippen LogP contribution >= 0.6 is 0 Å². The zero-order valence-electron chi connectivity index (χ0n) is 40.1. The lowest BCUT2D eigenvalue weighted by Gasteiger charge is -2.04. The Kier molecular flexibility index (Phi) is 13.8. The van der Waals surface area contributed by atoms with Gasteiger partial charge in [-0.25, -0.2) is 15.0 Å². The second kappa shape index (κ2) is 21.7. The number of carbonyl (C=O) groups is 3. The van der Waals surface area contributed by atoms with Crippen molar-refractivity contribution in [1.82, 2.24) is 44.9 Å². The van der Waals surface area contributed by atoms with Gasteiger partial charge in [-0.05, 0) is 146 Å². The molecule has 17 nitrogen and oxygen atoms in total. The number of carbonyl (C=O) groups excluding carboxylic acids is 3. The molecule has 0 aliphatic rings. The van der Waals surface area contributed by atoms with Crippen molar-refractivity contribution in [1.29, 1.82) is 0 Å². The lowest BCUT2D eigenvalue weighted by Crippen LogP contribution is -2.13. The number of anilines is 5. The van der Waals surface area contributed by atoms with Crippen LogP contribution in [0.25, 0.3) is 67.3 Å². The summed E-state index contributed by atoms with van der Waals surface area (Å²) in [7, 11) is 0. The van der Waals surface area contributed by atoms with Crippen molar-refractivity contribution in [3.05, 3.63) is 223 Å². The molecule has 12 rings (SSSR count). The van der Waals surface area contributed by atoms with Crippen LogP contribution in [-0.2, 0) is 0 Å². The molecule has 0 saturated heterocycles. The van der Waals surface area contributed by atoms with E-state index >= 15 is 0 Å². The minimum absolute atomic E-state index is 0.167. The van der Waals surface area contributed by atoms with Crippen LogP contribution in [0.15, 0.2) is 201 Å². The van der Waals surface area contributed by atoms with Gasteiger partial charge in [0.15, 0.2) is 0 Å². The van der Waals surface area contributed by atoms with E-state index in [-0.39, 0.29) is 17.7 Å². The van der Waals surface area contributed by atoms with Gasteiger partial charge in [-0.1, -0.05) is 35.9 Å².